The van der Waals surface area contributed by atoms with Gasteiger partial charge in [0.25, 0.3) is 0 Å². The lowest BCUT2D eigenvalue weighted by atomic mass is 10.0. The summed E-state index contributed by atoms with van der Waals surface area (Å²) in [5, 5.41) is 0.756. The first kappa shape index (κ1) is 22.9. The van der Waals surface area contributed by atoms with Crippen LogP contribution < -0.4 is 4.74 Å². The van der Waals surface area contributed by atoms with Crippen LogP contribution in [0, 0.1) is 0 Å². The van der Waals surface area contributed by atoms with E-state index in [1.807, 2.05) is 12.1 Å². The molecule has 0 atom stereocenters. The van der Waals surface area contributed by atoms with Crippen LogP contribution in [0.15, 0.2) is 48.0 Å². The Bertz CT molecular complexity index is 992. The molecule has 3 nitrogen and oxygen atoms in total. The van der Waals surface area contributed by atoms with E-state index in [2.05, 4.69) is 37.3 Å². The van der Waals surface area contributed by atoms with Crippen molar-refractivity contribution in [2.75, 3.05) is 18.6 Å². The highest BCUT2D eigenvalue weighted by Crippen LogP contribution is 2.35. The third-order valence-corrected chi connectivity index (χ3v) is 6.95. The quantitative estimate of drug-likeness (QED) is 0.403. The molecule has 0 saturated heterocycles. The van der Waals surface area contributed by atoms with Gasteiger partial charge in [0, 0.05) is 17.0 Å². The lowest BCUT2D eigenvalue weighted by Crippen LogP contribution is -2.05. The molecule has 0 amide bonds. The molecule has 0 aliphatic heterocycles. The Labute approximate surface area is 186 Å². The van der Waals surface area contributed by atoms with Crippen LogP contribution in [0.5, 0.6) is 5.75 Å². The molecule has 1 aliphatic carbocycles. The van der Waals surface area contributed by atoms with Crippen LogP contribution in [0.1, 0.15) is 55.7 Å². The fourth-order valence-electron chi connectivity index (χ4n) is 4.00. The standard InChI is InChI=1S/C25H31ClO3S/c1-3-19-10-15-25(21(17-19)7-4-5-16-30(2,27)28)29-18-22-8-6-9-24(22)20-11-13-23(26)14-12-20/h10-15,17H,3-9,16,18H2,1-2H3. The molecule has 0 spiro atoms. The van der Waals surface area contributed by atoms with Crippen LogP contribution in [0.4, 0.5) is 0 Å². The van der Waals surface area contributed by atoms with E-state index >= 15 is 0 Å². The van der Waals surface area contributed by atoms with Crippen LogP contribution in [0.2, 0.25) is 5.02 Å². The number of hydrogen-bond acceptors (Lipinski definition) is 3. The van der Waals surface area contributed by atoms with Crippen molar-refractivity contribution < 1.29 is 13.2 Å². The Morgan fingerprint density at radius 1 is 1.03 bits per heavy atom. The van der Waals surface area contributed by atoms with E-state index in [-0.39, 0.29) is 5.75 Å². The van der Waals surface area contributed by atoms with Crippen LogP contribution in [0.25, 0.3) is 5.57 Å². The summed E-state index contributed by atoms with van der Waals surface area (Å²) in [5.41, 5.74) is 6.43. The van der Waals surface area contributed by atoms with Crippen molar-refractivity contribution in [1.29, 1.82) is 0 Å². The fourth-order valence-corrected chi connectivity index (χ4v) is 4.85. The van der Waals surface area contributed by atoms with Gasteiger partial charge in [-0.25, -0.2) is 8.42 Å². The fraction of sp³-hybridized carbons (Fsp3) is 0.440. The number of benzene rings is 2. The highest BCUT2D eigenvalue weighted by Gasteiger charge is 2.17. The molecule has 3 rings (SSSR count). The van der Waals surface area contributed by atoms with Crippen LogP contribution in [0.3, 0.4) is 0 Å². The Balaban J connectivity index is 1.70. The van der Waals surface area contributed by atoms with E-state index in [0.717, 1.165) is 49.3 Å². The first-order chi connectivity index (χ1) is 14.4. The molecule has 162 valence electrons. The summed E-state index contributed by atoms with van der Waals surface area (Å²) in [7, 11) is -2.90. The van der Waals surface area contributed by atoms with Gasteiger partial charge in [-0.05, 0) is 91.0 Å². The Morgan fingerprint density at radius 3 is 2.50 bits per heavy atom. The van der Waals surface area contributed by atoms with E-state index < -0.39 is 9.84 Å². The van der Waals surface area contributed by atoms with Gasteiger partial charge in [-0.2, -0.15) is 0 Å². The number of sulfone groups is 1. The molecule has 0 N–H and O–H groups in total. The lowest BCUT2D eigenvalue weighted by Gasteiger charge is -2.15. The van der Waals surface area contributed by atoms with E-state index in [1.54, 1.807) is 0 Å². The second-order valence-corrected chi connectivity index (χ2v) is 10.8. The number of unbranched alkanes of at least 4 members (excludes halogenated alkanes) is 1. The van der Waals surface area contributed by atoms with Gasteiger partial charge in [-0.3, -0.25) is 0 Å². The van der Waals surface area contributed by atoms with Crippen molar-refractivity contribution in [3.8, 4) is 5.75 Å². The van der Waals surface area contributed by atoms with Gasteiger partial charge >= 0.3 is 0 Å². The second kappa shape index (κ2) is 10.5. The van der Waals surface area contributed by atoms with Crippen molar-refractivity contribution in [1.82, 2.24) is 0 Å². The summed E-state index contributed by atoms with van der Waals surface area (Å²) >= 11 is 6.04. The second-order valence-electron chi connectivity index (χ2n) is 8.11. The average Bonchev–Trinajstić information content (AvgIpc) is 3.18. The number of halogens is 1. The van der Waals surface area contributed by atoms with Crippen molar-refractivity contribution >= 4 is 27.0 Å². The number of ether oxygens (including phenoxy) is 1. The van der Waals surface area contributed by atoms with Crippen molar-refractivity contribution in [2.45, 2.75) is 51.9 Å². The van der Waals surface area contributed by atoms with Crippen molar-refractivity contribution in [3.05, 3.63) is 69.8 Å². The Morgan fingerprint density at radius 2 is 1.80 bits per heavy atom. The summed E-state index contributed by atoms with van der Waals surface area (Å²) in [5.74, 6) is 1.16. The molecular weight excluding hydrogens is 416 g/mol. The highest BCUT2D eigenvalue weighted by atomic mass is 35.5. The maximum atomic E-state index is 11.4. The third-order valence-electron chi connectivity index (χ3n) is 5.67. The van der Waals surface area contributed by atoms with Crippen LogP contribution in [-0.2, 0) is 22.7 Å². The topological polar surface area (TPSA) is 43.4 Å². The minimum atomic E-state index is -2.90. The molecule has 0 heterocycles. The SMILES string of the molecule is CCc1ccc(OCC2=C(c3ccc(Cl)cc3)CCC2)c(CCCCS(C)(=O)=O)c1. The van der Waals surface area contributed by atoms with Crippen molar-refractivity contribution in [2.24, 2.45) is 0 Å². The van der Waals surface area contributed by atoms with Crippen molar-refractivity contribution in [3.63, 3.8) is 0 Å². The van der Waals surface area contributed by atoms with Gasteiger partial charge in [0.2, 0.25) is 0 Å². The molecule has 0 bridgehead atoms. The molecule has 30 heavy (non-hydrogen) atoms. The zero-order valence-electron chi connectivity index (χ0n) is 17.9. The number of allylic oxidation sites excluding steroid dienone is 1. The van der Waals surface area contributed by atoms with E-state index in [4.69, 9.17) is 16.3 Å². The maximum absolute atomic E-state index is 11.4. The van der Waals surface area contributed by atoms with E-state index in [0.29, 0.717) is 13.0 Å². The Hall–Kier alpha value is -1.78. The summed E-state index contributed by atoms with van der Waals surface area (Å²) < 4.78 is 29.1. The van der Waals surface area contributed by atoms with Crippen LogP contribution >= 0.6 is 11.6 Å². The summed E-state index contributed by atoms with van der Waals surface area (Å²) in [6.07, 6.45) is 7.93. The molecule has 0 aromatic heterocycles. The zero-order chi connectivity index (χ0) is 21.6. The molecule has 0 saturated carbocycles. The summed E-state index contributed by atoms with van der Waals surface area (Å²) in [4.78, 5) is 0. The van der Waals surface area contributed by atoms with Gasteiger partial charge in [0.05, 0.1) is 0 Å². The molecule has 1 aliphatic rings. The molecule has 2 aromatic rings. The van der Waals surface area contributed by atoms with Gasteiger partial charge in [-0.15, -0.1) is 0 Å². The first-order valence-electron chi connectivity index (χ1n) is 10.7. The number of hydrogen-bond donors (Lipinski definition) is 0. The van der Waals surface area contributed by atoms with Gasteiger partial charge < -0.3 is 4.74 Å². The molecule has 0 radical (unpaired) electrons. The monoisotopic (exact) mass is 446 g/mol. The third kappa shape index (κ3) is 6.61. The van der Waals surface area contributed by atoms with Gasteiger partial charge in [0.15, 0.2) is 0 Å². The van der Waals surface area contributed by atoms with Crippen LogP contribution in [-0.4, -0.2) is 27.0 Å². The van der Waals surface area contributed by atoms with Gasteiger partial charge in [0.1, 0.15) is 22.2 Å². The summed E-state index contributed by atoms with van der Waals surface area (Å²) in [6, 6.07) is 14.5. The molecule has 2 aromatic carbocycles. The minimum Gasteiger partial charge on any atom is -0.489 e. The average molecular weight is 447 g/mol. The minimum absolute atomic E-state index is 0.244. The highest BCUT2D eigenvalue weighted by molar-refractivity contribution is 7.90. The smallest absolute Gasteiger partial charge is 0.147 e. The van der Waals surface area contributed by atoms with E-state index in [1.165, 1.54) is 34.1 Å². The van der Waals surface area contributed by atoms with E-state index in [9.17, 15) is 8.42 Å². The number of aryl methyl sites for hydroxylation is 2. The predicted octanol–water partition coefficient (Wildman–Crippen LogP) is 6.29. The van der Waals surface area contributed by atoms with Gasteiger partial charge in [-0.1, -0.05) is 42.8 Å². The zero-order valence-corrected chi connectivity index (χ0v) is 19.5. The molecule has 5 heteroatoms. The molecule has 0 unspecified atom stereocenters. The first-order valence-corrected chi connectivity index (χ1v) is 13.2. The molecular formula is C25H31ClO3S. The normalized spacial score (nSPS) is 14.4. The largest absolute Gasteiger partial charge is 0.489 e. The maximum Gasteiger partial charge on any atom is 0.147 e. The Kier molecular flexibility index (Phi) is 8.01. The summed E-state index contributed by atoms with van der Waals surface area (Å²) in [6.45, 7) is 2.74. The lowest BCUT2D eigenvalue weighted by molar-refractivity contribution is 0.345. The molecule has 0 fully saturated rings. The number of rotatable bonds is 10. The predicted molar refractivity (Wildman–Crippen MR) is 126 cm³/mol.